The first kappa shape index (κ1) is 15.3. The highest BCUT2D eigenvalue weighted by Gasteiger charge is 2.31. The van der Waals surface area contributed by atoms with Gasteiger partial charge in [0.15, 0.2) is 4.67 Å². The molecule has 0 atom stereocenters. The predicted octanol–water partition coefficient (Wildman–Crippen LogP) is 3.11. The van der Waals surface area contributed by atoms with Gasteiger partial charge < -0.3 is 9.52 Å². The van der Waals surface area contributed by atoms with Gasteiger partial charge in [0.2, 0.25) is 0 Å². The van der Waals surface area contributed by atoms with Crippen LogP contribution in [-0.2, 0) is 9.59 Å². The van der Waals surface area contributed by atoms with Gasteiger partial charge in [0.25, 0.3) is 5.91 Å². The van der Waals surface area contributed by atoms with Crippen molar-refractivity contribution in [3.8, 4) is 0 Å². The molecule has 0 aliphatic carbocycles. The lowest BCUT2D eigenvalue weighted by Gasteiger charge is -2.12. The third kappa shape index (κ3) is 3.71. The van der Waals surface area contributed by atoms with E-state index in [4.69, 9.17) is 21.7 Å². The number of amides is 1. The van der Waals surface area contributed by atoms with Crippen molar-refractivity contribution in [2.75, 3.05) is 6.54 Å². The number of thiocarbonyl (C=S) groups is 1. The van der Waals surface area contributed by atoms with Gasteiger partial charge in [0.05, 0.1) is 4.91 Å². The summed E-state index contributed by atoms with van der Waals surface area (Å²) < 4.78 is 6.34. The molecule has 1 aliphatic rings. The van der Waals surface area contributed by atoms with E-state index in [-0.39, 0.29) is 12.3 Å². The molecule has 0 radical (unpaired) electrons. The van der Waals surface area contributed by atoms with Crippen molar-refractivity contribution >= 4 is 62.2 Å². The Morgan fingerprint density at radius 2 is 2.30 bits per heavy atom. The highest BCUT2D eigenvalue weighted by molar-refractivity contribution is 9.10. The largest absolute Gasteiger partial charge is 0.481 e. The van der Waals surface area contributed by atoms with E-state index < -0.39 is 5.97 Å². The second kappa shape index (κ2) is 6.55. The smallest absolute Gasteiger partial charge is 0.303 e. The van der Waals surface area contributed by atoms with E-state index in [1.165, 1.54) is 16.7 Å². The molecule has 0 unspecified atom stereocenters. The summed E-state index contributed by atoms with van der Waals surface area (Å²) in [4.78, 5) is 24.5. The molecule has 106 valence electrons. The van der Waals surface area contributed by atoms with Crippen LogP contribution in [0.1, 0.15) is 18.6 Å². The van der Waals surface area contributed by atoms with Crippen LogP contribution in [-0.4, -0.2) is 32.7 Å². The average Bonchev–Trinajstić information content (AvgIpc) is 2.88. The van der Waals surface area contributed by atoms with Crippen molar-refractivity contribution in [3.63, 3.8) is 0 Å². The number of furan rings is 1. The van der Waals surface area contributed by atoms with Crippen LogP contribution in [0.4, 0.5) is 0 Å². The van der Waals surface area contributed by atoms with Crippen LogP contribution in [0.25, 0.3) is 6.08 Å². The second-order valence-electron chi connectivity index (χ2n) is 3.97. The fraction of sp³-hybridized carbons (Fsp3) is 0.250. The summed E-state index contributed by atoms with van der Waals surface area (Å²) in [5, 5.41) is 8.60. The number of nitrogens with zero attached hydrogens (tertiary/aromatic N) is 1. The van der Waals surface area contributed by atoms with Gasteiger partial charge >= 0.3 is 5.97 Å². The van der Waals surface area contributed by atoms with Gasteiger partial charge in [0.1, 0.15) is 10.1 Å². The fourth-order valence-corrected chi connectivity index (χ4v) is 3.22. The third-order valence-corrected chi connectivity index (χ3v) is 4.32. The normalized spacial score (nSPS) is 17.2. The first-order chi connectivity index (χ1) is 9.47. The standard InChI is InChI=1S/C12H10BrNO4S2/c13-9-4-3-7(18-9)6-8-11(17)14(12(19)20-8)5-1-2-10(15)16/h3-4,6H,1-2,5H2,(H,15,16). The van der Waals surface area contributed by atoms with Crippen LogP contribution in [0.15, 0.2) is 26.1 Å². The van der Waals surface area contributed by atoms with Gasteiger partial charge in [-0.1, -0.05) is 24.0 Å². The Balaban J connectivity index is 2.04. The Morgan fingerprint density at radius 3 is 2.90 bits per heavy atom. The number of hydrogen-bond donors (Lipinski definition) is 1. The number of carboxylic acids is 1. The van der Waals surface area contributed by atoms with Crippen LogP contribution in [0.5, 0.6) is 0 Å². The minimum Gasteiger partial charge on any atom is -0.481 e. The Labute approximate surface area is 133 Å². The Hall–Kier alpha value is -1.12. The van der Waals surface area contributed by atoms with E-state index in [1.54, 1.807) is 18.2 Å². The topological polar surface area (TPSA) is 70.8 Å². The molecule has 2 heterocycles. The summed E-state index contributed by atoms with van der Waals surface area (Å²) in [6.07, 6.45) is 2.02. The van der Waals surface area contributed by atoms with Gasteiger partial charge in [-0.25, -0.2) is 0 Å². The SMILES string of the molecule is O=C(O)CCCN1C(=O)C(=Cc2ccc(Br)o2)SC1=S. The lowest BCUT2D eigenvalue weighted by Crippen LogP contribution is -2.29. The average molecular weight is 376 g/mol. The summed E-state index contributed by atoms with van der Waals surface area (Å²) in [5.74, 6) is -0.535. The molecule has 8 heteroatoms. The molecule has 1 fully saturated rings. The number of aliphatic carboxylic acids is 1. The Morgan fingerprint density at radius 1 is 1.55 bits per heavy atom. The number of rotatable bonds is 5. The van der Waals surface area contributed by atoms with Gasteiger partial charge in [0, 0.05) is 19.0 Å². The zero-order valence-corrected chi connectivity index (χ0v) is 13.4. The Kier molecular flexibility index (Phi) is 5.00. The highest BCUT2D eigenvalue weighted by Crippen LogP contribution is 2.33. The van der Waals surface area contributed by atoms with E-state index in [2.05, 4.69) is 15.9 Å². The van der Waals surface area contributed by atoms with Crippen LogP contribution >= 0.6 is 39.9 Å². The molecule has 20 heavy (non-hydrogen) atoms. The first-order valence-electron chi connectivity index (χ1n) is 5.70. The molecule has 1 N–H and O–H groups in total. The van der Waals surface area contributed by atoms with Crippen molar-refractivity contribution in [1.82, 2.24) is 4.90 Å². The predicted molar refractivity (Wildman–Crippen MR) is 83.2 cm³/mol. The summed E-state index contributed by atoms with van der Waals surface area (Å²) in [6.45, 7) is 0.316. The minimum atomic E-state index is -0.883. The maximum Gasteiger partial charge on any atom is 0.303 e. The van der Waals surface area contributed by atoms with E-state index in [0.717, 1.165) is 0 Å². The van der Waals surface area contributed by atoms with Crippen LogP contribution in [0, 0.1) is 0 Å². The summed E-state index contributed by atoms with van der Waals surface area (Å²) in [7, 11) is 0. The van der Waals surface area contributed by atoms with Gasteiger partial charge in [-0.15, -0.1) is 0 Å². The van der Waals surface area contributed by atoms with Gasteiger partial charge in [-0.2, -0.15) is 0 Å². The van der Waals surface area contributed by atoms with Crippen molar-refractivity contribution in [2.45, 2.75) is 12.8 Å². The quantitative estimate of drug-likeness (QED) is 0.629. The molecule has 1 amide bonds. The molecule has 0 saturated carbocycles. The van der Waals surface area contributed by atoms with Crippen LogP contribution in [0.3, 0.4) is 0 Å². The van der Waals surface area contributed by atoms with E-state index in [9.17, 15) is 9.59 Å². The molecular weight excluding hydrogens is 366 g/mol. The fourth-order valence-electron chi connectivity index (χ4n) is 1.62. The third-order valence-electron chi connectivity index (χ3n) is 2.51. The maximum absolute atomic E-state index is 12.2. The summed E-state index contributed by atoms with van der Waals surface area (Å²) >= 11 is 9.51. The number of hydrogen-bond acceptors (Lipinski definition) is 5. The monoisotopic (exact) mass is 375 g/mol. The lowest BCUT2D eigenvalue weighted by atomic mass is 10.3. The number of carboxylic acid groups (broad SMARTS) is 1. The van der Waals surface area contributed by atoms with Crippen LogP contribution in [0.2, 0.25) is 0 Å². The van der Waals surface area contributed by atoms with Crippen molar-refractivity contribution < 1.29 is 19.1 Å². The Bertz CT molecular complexity index is 596. The highest BCUT2D eigenvalue weighted by atomic mass is 79.9. The summed E-state index contributed by atoms with van der Waals surface area (Å²) in [5.41, 5.74) is 0. The molecule has 1 aliphatic heterocycles. The first-order valence-corrected chi connectivity index (χ1v) is 7.71. The van der Waals surface area contributed by atoms with Crippen molar-refractivity contribution in [2.24, 2.45) is 0 Å². The van der Waals surface area contributed by atoms with E-state index >= 15 is 0 Å². The molecule has 1 aromatic rings. The zero-order chi connectivity index (χ0) is 14.7. The van der Waals surface area contributed by atoms with Gasteiger partial charge in [-0.05, 0) is 34.5 Å². The van der Waals surface area contributed by atoms with Gasteiger partial charge in [-0.3, -0.25) is 14.5 Å². The molecule has 0 spiro atoms. The molecular formula is C12H10BrNO4S2. The second-order valence-corrected chi connectivity index (χ2v) is 6.43. The van der Waals surface area contributed by atoms with Crippen molar-refractivity contribution in [1.29, 1.82) is 0 Å². The number of carbonyl (C=O) groups is 2. The van der Waals surface area contributed by atoms with E-state index in [1.807, 2.05) is 0 Å². The maximum atomic E-state index is 12.2. The summed E-state index contributed by atoms with van der Waals surface area (Å²) in [6, 6.07) is 3.47. The molecule has 1 saturated heterocycles. The number of halogens is 1. The number of thioether (sulfide) groups is 1. The minimum absolute atomic E-state index is 0.0151. The van der Waals surface area contributed by atoms with E-state index in [0.29, 0.717) is 32.6 Å². The lowest BCUT2D eigenvalue weighted by molar-refractivity contribution is -0.137. The number of carbonyl (C=O) groups excluding carboxylic acids is 1. The van der Waals surface area contributed by atoms with Crippen molar-refractivity contribution in [3.05, 3.63) is 27.5 Å². The molecule has 2 rings (SSSR count). The molecule has 5 nitrogen and oxygen atoms in total. The van der Waals surface area contributed by atoms with Crippen LogP contribution < -0.4 is 0 Å². The molecule has 1 aromatic heterocycles. The molecule has 0 bridgehead atoms. The molecule has 0 aromatic carbocycles. The zero-order valence-electron chi connectivity index (χ0n) is 10.2.